The van der Waals surface area contributed by atoms with Crippen LogP contribution in [0.25, 0.3) is 84.2 Å². The van der Waals surface area contributed by atoms with Gasteiger partial charge in [-0.1, -0.05) is 213 Å². The SMILES string of the molecule is C=C1CC=CC=C1c1cc(-c2ccccc2)cc(-c2nc(-c3cc(-c4ccccc4)cc(-c4ccccc4)c3)nc(-c3ccc4c(c3)C(c3ccccc3)(c3ccccc3)c3ccccc3-4)n2)c1. The molecule has 0 N–H and O–H groups in total. The molecule has 0 saturated carbocycles. The van der Waals surface area contributed by atoms with Gasteiger partial charge >= 0.3 is 0 Å². The third-order valence-corrected chi connectivity index (χ3v) is 13.5. The lowest BCUT2D eigenvalue weighted by Crippen LogP contribution is -2.28. The molecule has 68 heavy (non-hydrogen) atoms. The van der Waals surface area contributed by atoms with Crippen molar-refractivity contribution < 1.29 is 0 Å². The molecule has 0 spiro atoms. The molecule has 3 heteroatoms. The van der Waals surface area contributed by atoms with Gasteiger partial charge < -0.3 is 0 Å². The molecule has 320 valence electrons. The van der Waals surface area contributed by atoms with Gasteiger partial charge in [0.25, 0.3) is 0 Å². The van der Waals surface area contributed by atoms with Gasteiger partial charge in [-0.2, -0.15) is 0 Å². The molecule has 1 heterocycles. The average molecular weight is 868 g/mol. The van der Waals surface area contributed by atoms with Gasteiger partial charge in [0.05, 0.1) is 5.41 Å². The third kappa shape index (κ3) is 7.22. The highest BCUT2D eigenvalue weighted by atomic mass is 15.0. The van der Waals surface area contributed by atoms with Crippen molar-refractivity contribution in [1.29, 1.82) is 0 Å². The zero-order valence-corrected chi connectivity index (χ0v) is 37.4. The smallest absolute Gasteiger partial charge is 0.164 e. The number of hydrogen-bond acceptors (Lipinski definition) is 3. The van der Waals surface area contributed by atoms with Gasteiger partial charge in [0.15, 0.2) is 17.5 Å². The van der Waals surface area contributed by atoms with Crippen molar-refractivity contribution in [2.24, 2.45) is 0 Å². The van der Waals surface area contributed by atoms with Gasteiger partial charge in [-0.3, -0.25) is 0 Å². The topological polar surface area (TPSA) is 38.7 Å². The molecule has 0 saturated heterocycles. The Morgan fingerprint density at radius 3 is 1.26 bits per heavy atom. The van der Waals surface area contributed by atoms with Crippen LogP contribution in [0, 0.1) is 0 Å². The van der Waals surface area contributed by atoms with Crippen LogP contribution in [0.1, 0.15) is 34.2 Å². The van der Waals surface area contributed by atoms with Crippen LogP contribution < -0.4 is 0 Å². The van der Waals surface area contributed by atoms with Crippen LogP contribution in [-0.2, 0) is 5.41 Å². The Morgan fingerprint density at radius 1 is 0.338 bits per heavy atom. The number of rotatable bonds is 9. The van der Waals surface area contributed by atoms with Crippen molar-refractivity contribution in [3.8, 4) is 78.7 Å². The first kappa shape index (κ1) is 40.7. The highest BCUT2D eigenvalue weighted by Crippen LogP contribution is 2.56. The number of hydrogen-bond donors (Lipinski definition) is 0. The number of benzene rings is 9. The third-order valence-electron chi connectivity index (χ3n) is 13.5. The molecule has 0 unspecified atom stereocenters. The Hall–Kier alpha value is -8.79. The maximum absolute atomic E-state index is 5.49. The molecule has 0 atom stereocenters. The first-order valence-electron chi connectivity index (χ1n) is 23.2. The zero-order valence-electron chi connectivity index (χ0n) is 37.4. The summed E-state index contributed by atoms with van der Waals surface area (Å²) >= 11 is 0. The maximum Gasteiger partial charge on any atom is 0.164 e. The Kier molecular flexibility index (Phi) is 10.3. The largest absolute Gasteiger partial charge is 0.208 e. The Balaban J connectivity index is 1.13. The number of aromatic nitrogens is 3. The zero-order chi connectivity index (χ0) is 45.4. The molecule has 2 aliphatic carbocycles. The van der Waals surface area contributed by atoms with Crippen LogP contribution in [0.15, 0.2) is 261 Å². The minimum absolute atomic E-state index is 0.582. The van der Waals surface area contributed by atoms with Gasteiger partial charge in [0.2, 0.25) is 0 Å². The predicted molar refractivity (Wildman–Crippen MR) is 281 cm³/mol. The summed E-state index contributed by atoms with van der Waals surface area (Å²) in [5, 5.41) is 0. The normalized spacial score (nSPS) is 13.4. The molecule has 2 aliphatic rings. The fourth-order valence-corrected chi connectivity index (χ4v) is 10.3. The van der Waals surface area contributed by atoms with Crippen molar-refractivity contribution in [2.75, 3.05) is 0 Å². The van der Waals surface area contributed by atoms with Gasteiger partial charge in [-0.25, -0.2) is 15.0 Å². The molecule has 0 aliphatic heterocycles. The summed E-state index contributed by atoms with van der Waals surface area (Å²) in [6.07, 6.45) is 7.25. The van der Waals surface area contributed by atoms with Crippen molar-refractivity contribution in [2.45, 2.75) is 11.8 Å². The number of nitrogens with zero attached hydrogens (tertiary/aromatic N) is 3. The first-order valence-corrected chi connectivity index (χ1v) is 23.2. The van der Waals surface area contributed by atoms with Gasteiger partial charge in [0.1, 0.15) is 0 Å². The molecule has 0 bridgehead atoms. The van der Waals surface area contributed by atoms with Crippen LogP contribution in [0.5, 0.6) is 0 Å². The van der Waals surface area contributed by atoms with Crippen LogP contribution in [-0.4, -0.2) is 15.0 Å². The van der Waals surface area contributed by atoms with Crippen molar-refractivity contribution >= 4 is 5.57 Å². The van der Waals surface area contributed by atoms with E-state index in [0.717, 1.165) is 73.2 Å². The summed E-state index contributed by atoms with van der Waals surface area (Å²) in [5.41, 5.74) is 19.3. The van der Waals surface area contributed by atoms with E-state index in [1.807, 2.05) is 0 Å². The van der Waals surface area contributed by atoms with Crippen molar-refractivity contribution in [1.82, 2.24) is 15.0 Å². The standard InChI is InChI=1S/C65H45N3/c1-44-21-17-18-32-57(44)52-38-51(47-26-11-4-12-27-47)41-54(42-52)64-67-62(66-63(68-64)53-39-49(45-22-7-2-8-23-45)37-50(40-53)46-24-9-3-10-25-46)48-35-36-59-58-33-19-20-34-60(58)65(61(59)43-48,55-28-13-5-14-29-55)56-30-15-6-16-31-56/h2-20,22-43H,1,21H2. The second-order valence-corrected chi connectivity index (χ2v) is 17.6. The van der Waals surface area contributed by atoms with E-state index in [9.17, 15) is 0 Å². The summed E-state index contributed by atoms with van der Waals surface area (Å²) in [7, 11) is 0. The first-order chi connectivity index (χ1) is 33.6. The Morgan fingerprint density at radius 2 is 0.750 bits per heavy atom. The number of allylic oxidation sites excluding steroid dienone is 5. The molecule has 12 rings (SSSR count). The number of fused-ring (bicyclic) bond motifs is 3. The maximum atomic E-state index is 5.49. The van der Waals surface area contributed by atoms with Crippen LogP contribution in [0.3, 0.4) is 0 Å². The minimum atomic E-state index is -0.582. The summed E-state index contributed by atoms with van der Waals surface area (Å²) in [5.74, 6) is 1.78. The predicted octanol–water partition coefficient (Wildman–Crippen LogP) is 16.1. The lowest BCUT2D eigenvalue weighted by atomic mass is 9.67. The average Bonchev–Trinajstić information content (AvgIpc) is 3.72. The molecule has 0 radical (unpaired) electrons. The van der Waals surface area contributed by atoms with Crippen molar-refractivity contribution in [3.63, 3.8) is 0 Å². The molecule has 9 aromatic carbocycles. The van der Waals surface area contributed by atoms with Crippen LogP contribution in [0.2, 0.25) is 0 Å². The molecular formula is C65H45N3. The van der Waals surface area contributed by atoms with E-state index >= 15 is 0 Å². The highest BCUT2D eigenvalue weighted by molar-refractivity contribution is 5.90. The molecular weight excluding hydrogens is 823 g/mol. The molecule has 1 aromatic heterocycles. The lowest BCUT2D eigenvalue weighted by Gasteiger charge is -2.34. The summed E-state index contributed by atoms with van der Waals surface area (Å²) < 4.78 is 0. The molecule has 0 fully saturated rings. The summed E-state index contributed by atoms with van der Waals surface area (Å²) in [6.45, 7) is 4.49. The van der Waals surface area contributed by atoms with Crippen molar-refractivity contribution in [3.05, 3.63) is 289 Å². The molecule has 3 nitrogen and oxygen atoms in total. The van der Waals surface area contributed by atoms with E-state index < -0.39 is 5.41 Å². The fourth-order valence-electron chi connectivity index (χ4n) is 10.3. The van der Waals surface area contributed by atoms with E-state index in [0.29, 0.717) is 17.5 Å². The van der Waals surface area contributed by atoms with E-state index in [1.165, 1.54) is 33.4 Å². The van der Waals surface area contributed by atoms with Crippen LogP contribution >= 0.6 is 0 Å². The lowest BCUT2D eigenvalue weighted by molar-refractivity contribution is 0.768. The fraction of sp³-hybridized carbons (Fsp3) is 0.0308. The van der Waals surface area contributed by atoms with E-state index in [4.69, 9.17) is 15.0 Å². The summed E-state index contributed by atoms with van der Waals surface area (Å²) in [6, 6.07) is 82.5. The molecule has 0 amide bonds. The van der Waals surface area contributed by atoms with E-state index in [2.05, 4.69) is 255 Å². The monoisotopic (exact) mass is 867 g/mol. The Labute approximate surface area is 397 Å². The highest BCUT2D eigenvalue weighted by Gasteiger charge is 2.46. The summed E-state index contributed by atoms with van der Waals surface area (Å²) in [4.78, 5) is 16.4. The Bertz CT molecular complexity index is 3480. The molecule has 10 aromatic rings. The van der Waals surface area contributed by atoms with E-state index in [1.54, 1.807) is 0 Å². The van der Waals surface area contributed by atoms with Gasteiger partial charge in [-0.15, -0.1) is 0 Å². The second kappa shape index (κ2) is 17.2. The quantitative estimate of drug-likeness (QED) is 0.145. The van der Waals surface area contributed by atoms with E-state index in [-0.39, 0.29) is 0 Å². The second-order valence-electron chi connectivity index (χ2n) is 17.6. The van der Waals surface area contributed by atoms with Gasteiger partial charge in [-0.05, 0) is 132 Å². The van der Waals surface area contributed by atoms with Gasteiger partial charge in [0, 0.05) is 16.7 Å². The minimum Gasteiger partial charge on any atom is -0.208 e. The van der Waals surface area contributed by atoms with Crippen LogP contribution in [0.4, 0.5) is 0 Å².